The van der Waals surface area contributed by atoms with Crippen molar-refractivity contribution in [2.45, 2.75) is 6.92 Å². The number of ether oxygens (including phenoxy) is 1. The van der Waals surface area contributed by atoms with E-state index in [1.165, 1.54) is 7.11 Å². The van der Waals surface area contributed by atoms with Gasteiger partial charge in [0.25, 0.3) is 0 Å². The van der Waals surface area contributed by atoms with Crippen LogP contribution in [0.4, 0.5) is 0 Å². The molecular weight excluding hydrogens is 260 g/mol. The van der Waals surface area contributed by atoms with Crippen LogP contribution in [0.1, 0.15) is 26.3 Å². The van der Waals surface area contributed by atoms with Crippen LogP contribution in [-0.2, 0) is 0 Å². The third-order valence-electron chi connectivity index (χ3n) is 2.06. The molecule has 15 heavy (non-hydrogen) atoms. The van der Waals surface area contributed by atoms with Crippen molar-refractivity contribution >= 4 is 28.0 Å². The predicted molar refractivity (Wildman–Crippen MR) is 61.2 cm³/mol. The van der Waals surface area contributed by atoms with Crippen LogP contribution in [0, 0.1) is 6.92 Å². The van der Waals surface area contributed by atoms with E-state index in [0.717, 1.165) is 11.8 Å². The van der Waals surface area contributed by atoms with E-state index in [1.54, 1.807) is 19.1 Å². The summed E-state index contributed by atoms with van der Waals surface area (Å²) in [6.07, 6.45) is 0.720. The van der Waals surface area contributed by atoms with Gasteiger partial charge < -0.3 is 4.74 Å². The first-order valence-corrected chi connectivity index (χ1v) is 5.49. The highest BCUT2D eigenvalue weighted by atomic mass is 79.9. The van der Waals surface area contributed by atoms with Gasteiger partial charge in [-0.05, 0) is 24.6 Å². The maximum Gasteiger partial charge on any atom is 0.177 e. The zero-order chi connectivity index (χ0) is 11.4. The van der Waals surface area contributed by atoms with Crippen molar-refractivity contribution in [1.82, 2.24) is 0 Å². The van der Waals surface area contributed by atoms with E-state index in [9.17, 15) is 9.59 Å². The third-order valence-corrected chi connectivity index (χ3v) is 2.57. The van der Waals surface area contributed by atoms with Gasteiger partial charge in [-0.1, -0.05) is 15.9 Å². The smallest absolute Gasteiger partial charge is 0.177 e. The highest BCUT2D eigenvalue weighted by molar-refractivity contribution is 9.09. The second-order valence-electron chi connectivity index (χ2n) is 3.09. The lowest BCUT2D eigenvalue weighted by Gasteiger charge is -2.10. The van der Waals surface area contributed by atoms with Gasteiger partial charge in [-0.15, -0.1) is 0 Å². The van der Waals surface area contributed by atoms with E-state index in [4.69, 9.17) is 4.74 Å². The molecule has 1 aromatic rings. The summed E-state index contributed by atoms with van der Waals surface area (Å²) >= 11 is 3.09. The minimum atomic E-state index is -0.0985. The third kappa shape index (κ3) is 2.45. The number of hydrogen-bond acceptors (Lipinski definition) is 3. The maximum absolute atomic E-state index is 11.6. The monoisotopic (exact) mass is 270 g/mol. The number of benzene rings is 1. The number of halogens is 1. The fraction of sp³-hybridized carbons (Fsp3) is 0.273. The zero-order valence-corrected chi connectivity index (χ0v) is 10.1. The van der Waals surface area contributed by atoms with Crippen LogP contribution in [0.2, 0.25) is 0 Å². The molecule has 0 aromatic heterocycles. The summed E-state index contributed by atoms with van der Waals surface area (Å²) < 4.78 is 5.14. The van der Waals surface area contributed by atoms with Crippen LogP contribution >= 0.6 is 15.9 Å². The molecule has 0 bridgehead atoms. The van der Waals surface area contributed by atoms with Crippen LogP contribution < -0.4 is 4.74 Å². The number of alkyl halides is 1. The van der Waals surface area contributed by atoms with Crippen LogP contribution in [-0.4, -0.2) is 24.5 Å². The highest BCUT2D eigenvalue weighted by Gasteiger charge is 2.14. The number of aryl methyl sites for hydroxylation is 1. The molecule has 80 valence electrons. The minimum absolute atomic E-state index is 0.0985. The lowest BCUT2D eigenvalue weighted by Crippen LogP contribution is -2.05. The van der Waals surface area contributed by atoms with E-state index >= 15 is 0 Å². The van der Waals surface area contributed by atoms with Gasteiger partial charge in [0, 0.05) is 5.56 Å². The SMILES string of the molecule is COc1c(C)cc(C=O)cc1C(=O)CBr. The molecule has 0 spiro atoms. The summed E-state index contributed by atoms with van der Waals surface area (Å²) in [6, 6.07) is 3.24. The van der Waals surface area contributed by atoms with Crippen molar-refractivity contribution in [2.75, 3.05) is 12.4 Å². The highest BCUT2D eigenvalue weighted by Crippen LogP contribution is 2.25. The molecule has 0 heterocycles. The molecule has 3 nitrogen and oxygen atoms in total. The summed E-state index contributed by atoms with van der Waals surface area (Å²) in [5.41, 5.74) is 1.71. The fourth-order valence-corrected chi connectivity index (χ4v) is 1.72. The van der Waals surface area contributed by atoms with Crippen molar-refractivity contribution in [3.8, 4) is 5.75 Å². The summed E-state index contributed by atoms with van der Waals surface area (Å²) in [5.74, 6) is 0.434. The number of aldehydes is 1. The molecule has 1 rings (SSSR count). The first kappa shape index (κ1) is 11.9. The Kier molecular flexibility index (Phi) is 4.03. The van der Waals surface area contributed by atoms with Gasteiger partial charge in [-0.25, -0.2) is 0 Å². The quantitative estimate of drug-likeness (QED) is 0.479. The van der Waals surface area contributed by atoms with E-state index < -0.39 is 0 Å². The van der Waals surface area contributed by atoms with E-state index in [1.807, 2.05) is 0 Å². The van der Waals surface area contributed by atoms with Gasteiger partial charge in [0.15, 0.2) is 5.78 Å². The van der Waals surface area contributed by atoms with Gasteiger partial charge in [-0.3, -0.25) is 9.59 Å². The Labute approximate surface area is 96.6 Å². The molecule has 1 aromatic carbocycles. The number of methoxy groups -OCH3 is 1. The Balaban J connectivity index is 3.38. The van der Waals surface area contributed by atoms with Crippen molar-refractivity contribution in [3.63, 3.8) is 0 Å². The summed E-state index contributed by atoms with van der Waals surface area (Å²) in [4.78, 5) is 22.2. The topological polar surface area (TPSA) is 43.4 Å². The molecule has 0 aliphatic heterocycles. The molecule has 0 N–H and O–H groups in total. The Hall–Kier alpha value is -1.16. The first-order chi connectivity index (χ1) is 7.13. The Morgan fingerprint density at radius 2 is 2.20 bits per heavy atom. The Morgan fingerprint density at radius 3 is 2.67 bits per heavy atom. The van der Waals surface area contributed by atoms with Gasteiger partial charge >= 0.3 is 0 Å². The molecule has 0 radical (unpaired) electrons. The van der Waals surface area contributed by atoms with Crippen LogP contribution in [0.25, 0.3) is 0 Å². The normalized spacial score (nSPS) is 9.80. The summed E-state index contributed by atoms with van der Waals surface area (Å²) in [7, 11) is 1.51. The number of carbonyl (C=O) groups is 2. The molecule has 0 amide bonds. The second kappa shape index (κ2) is 5.07. The number of rotatable bonds is 4. The predicted octanol–water partition coefficient (Wildman–Crippen LogP) is 2.39. The maximum atomic E-state index is 11.6. The number of carbonyl (C=O) groups excluding carboxylic acids is 2. The van der Waals surface area contributed by atoms with Crippen molar-refractivity contribution < 1.29 is 14.3 Å². The summed E-state index contributed by atoms with van der Waals surface area (Å²) in [5, 5.41) is 0.213. The van der Waals surface area contributed by atoms with Crippen LogP contribution in [0.5, 0.6) is 5.75 Å². The van der Waals surface area contributed by atoms with Gasteiger partial charge in [0.05, 0.1) is 18.0 Å². The van der Waals surface area contributed by atoms with Crippen LogP contribution in [0.3, 0.4) is 0 Å². The number of Topliss-reactive ketones (excluding diaryl/α,β-unsaturated/α-hetero) is 1. The molecule has 0 fully saturated rings. The second-order valence-corrected chi connectivity index (χ2v) is 3.65. The lowest BCUT2D eigenvalue weighted by molar-refractivity contribution is 0.102. The van der Waals surface area contributed by atoms with Crippen molar-refractivity contribution in [2.24, 2.45) is 0 Å². The van der Waals surface area contributed by atoms with Gasteiger partial charge in [0.1, 0.15) is 12.0 Å². The van der Waals surface area contributed by atoms with Crippen molar-refractivity contribution in [3.05, 3.63) is 28.8 Å². The largest absolute Gasteiger partial charge is 0.496 e. The van der Waals surface area contributed by atoms with E-state index in [2.05, 4.69) is 15.9 Å². The van der Waals surface area contributed by atoms with Gasteiger partial charge in [-0.2, -0.15) is 0 Å². The lowest BCUT2D eigenvalue weighted by atomic mass is 10.0. The van der Waals surface area contributed by atoms with E-state index in [-0.39, 0.29) is 11.1 Å². The van der Waals surface area contributed by atoms with E-state index in [0.29, 0.717) is 16.9 Å². The molecule has 0 aliphatic rings. The molecular formula is C11H11BrO3. The van der Waals surface area contributed by atoms with Crippen LogP contribution in [0.15, 0.2) is 12.1 Å². The summed E-state index contributed by atoms with van der Waals surface area (Å²) in [6.45, 7) is 1.80. The molecule has 0 saturated heterocycles. The fourth-order valence-electron chi connectivity index (χ4n) is 1.42. The van der Waals surface area contributed by atoms with Crippen molar-refractivity contribution in [1.29, 1.82) is 0 Å². The molecule has 0 atom stereocenters. The Bertz CT molecular complexity index is 399. The molecule has 0 saturated carbocycles. The standard InChI is InChI=1S/C11H11BrO3/c1-7-3-8(6-13)4-9(10(14)5-12)11(7)15-2/h3-4,6H,5H2,1-2H3. The zero-order valence-electron chi connectivity index (χ0n) is 8.54. The molecule has 0 unspecified atom stereocenters. The first-order valence-electron chi connectivity index (χ1n) is 4.37. The number of hydrogen-bond donors (Lipinski definition) is 0. The Morgan fingerprint density at radius 1 is 1.53 bits per heavy atom. The average molecular weight is 271 g/mol. The van der Waals surface area contributed by atoms with Gasteiger partial charge in [0.2, 0.25) is 0 Å². The molecule has 4 heteroatoms. The number of ketones is 1. The average Bonchev–Trinajstić information content (AvgIpc) is 2.26. The molecule has 0 aliphatic carbocycles. The minimum Gasteiger partial charge on any atom is -0.496 e.